The fourth-order valence-corrected chi connectivity index (χ4v) is 8.65. The third kappa shape index (κ3) is 3.72. The van der Waals surface area contributed by atoms with Crippen LogP contribution in [0.4, 0.5) is 0 Å². The molecule has 5 heteroatoms. The lowest BCUT2D eigenvalue weighted by Gasteiger charge is -2.62. The van der Waals surface area contributed by atoms with Crippen LogP contribution in [-0.4, -0.2) is 39.3 Å². The maximum atomic E-state index is 13.5. The fourth-order valence-electron chi connectivity index (χ4n) is 8.65. The molecule has 0 amide bonds. The van der Waals surface area contributed by atoms with Crippen LogP contribution in [0, 0.1) is 34.5 Å². The molecule has 0 heterocycles. The third-order valence-corrected chi connectivity index (χ3v) is 10.8. The van der Waals surface area contributed by atoms with Crippen molar-refractivity contribution in [3.63, 3.8) is 0 Å². The highest BCUT2D eigenvalue weighted by atomic mass is 16.5. The van der Waals surface area contributed by atoms with Gasteiger partial charge in [-0.05, 0) is 73.8 Å². The summed E-state index contributed by atoms with van der Waals surface area (Å²) in [6.07, 6.45) is 9.69. The molecule has 4 aliphatic carbocycles. The van der Waals surface area contributed by atoms with Gasteiger partial charge in [0.2, 0.25) is 0 Å². The Hall–Kier alpha value is -1.20. The van der Waals surface area contributed by atoms with Crippen molar-refractivity contribution in [3.8, 4) is 0 Å². The van der Waals surface area contributed by atoms with E-state index in [-0.39, 0.29) is 29.5 Å². The molecule has 0 aromatic heterocycles. The molecule has 4 aliphatic rings. The topological polar surface area (TPSA) is 83.8 Å². The monoisotopic (exact) mass is 474 g/mol. The molecule has 3 saturated carbocycles. The highest BCUT2D eigenvalue weighted by Crippen LogP contribution is 2.68. The summed E-state index contributed by atoms with van der Waals surface area (Å²) in [5.41, 5.74) is -2.55. The van der Waals surface area contributed by atoms with Gasteiger partial charge in [-0.3, -0.25) is 9.59 Å². The standard InChI is InChI=1S/C29H46O5/c1-18(2)8-7-9-19(3)22-12-15-28(32)24-16-25(31)29(33)17-21(34-20(4)30)10-13-27(29,6)23(24)11-14-26(22,28)5/h16,18-19,21-23,32-33H,7-15,17H2,1-6H3/t19-,21-,22-,23+,26-,27-,28-,29-/m1/s1. The molecular formula is C29H46O5. The van der Waals surface area contributed by atoms with E-state index in [1.807, 2.05) is 6.92 Å². The molecule has 34 heavy (non-hydrogen) atoms. The molecule has 0 saturated heterocycles. The van der Waals surface area contributed by atoms with E-state index in [0.717, 1.165) is 24.8 Å². The second-order valence-electron chi connectivity index (χ2n) is 13.0. The minimum absolute atomic E-state index is 0.0263. The summed E-state index contributed by atoms with van der Waals surface area (Å²) in [5, 5.41) is 24.0. The number of esters is 1. The summed E-state index contributed by atoms with van der Waals surface area (Å²) in [6, 6.07) is 0. The number of ether oxygens (including phenoxy) is 1. The van der Waals surface area contributed by atoms with Crippen LogP contribution >= 0.6 is 0 Å². The van der Waals surface area contributed by atoms with Gasteiger partial charge in [0.25, 0.3) is 0 Å². The van der Waals surface area contributed by atoms with E-state index >= 15 is 0 Å². The lowest BCUT2D eigenvalue weighted by atomic mass is 9.44. The number of carbonyl (C=O) groups is 2. The third-order valence-electron chi connectivity index (χ3n) is 10.8. The number of aliphatic hydroxyl groups is 2. The number of hydrogen-bond donors (Lipinski definition) is 2. The van der Waals surface area contributed by atoms with Gasteiger partial charge in [-0.15, -0.1) is 0 Å². The molecule has 0 aliphatic heterocycles. The van der Waals surface area contributed by atoms with Crippen LogP contribution in [0.25, 0.3) is 0 Å². The quantitative estimate of drug-likeness (QED) is 0.506. The highest BCUT2D eigenvalue weighted by molar-refractivity contribution is 6.00. The van der Waals surface area contributed by atoms with Gasteiger partial charge in [0.05, 0.1) is 5.60 Å². The van der Waals surface area contributed by atoms with Crippen LogP contribution in [0.5, 0.6) is 0 Å². The van der Waals surface area contributed by atoms with Gasteiger partial charge >= 0.3 is 5.97 Å². The van der Waals surface area contributed by atoms with E-state index in [2.05, 4.69) is 27.7 Å². The zero-order valence-electron chi connectivity index (χ0n) is 22.2. The van der Waals surface area contributed by atoms with Crippen LogP contribution in [0.2, 0.25) is 0 Å². The Labute approximate surface area is 205 Å². The van der Waals surface area contributed by atoms with Crippen LogP contribution in [0.1, 0.15) is 106 Å². The normalized spacial score (nSPS) is 44.7. The number of fused-ring (bicyclic) bond motifs is 5. The molecule has 0 aromatic rings. The molecule has 0 unspecified atom stereocenters. The van der Waals surface area contributed by atoms with E-state index in [1.165, 1.54) is 26.2 Å². The van der Waals surface area contributed by atoms with Crippen molar-refractivity contribution >= 4 is 11.8 Å². The summed E-state index contributed by atoms with van der Waals surface area (Å²) in [5.74, 6) is 0.980. The predicted molar refractivity (Wildman–Crippen MR) is 132 cm³/mol. The second-order valence-corrected chi connectivity index (χ2v) is 13.0. The molecule has 4 rings (SSSR count). The predicted octanol–water partition coefficient (Wildman–Crippen LogP) is 5.37. The first-order valence-electron chi connectivity index (χ1n) is 13.7. The lowest BCUT2D eigenvalue weighted by molar-refractivity contribution is -0.195. The number of ketones is 1. The van der Waals surface area contributed by atoms with Gasteiger partial charge < -0.3 is 14.9 Å². The first-order chi connectivity index (χ1) is 15.8. The van der Waals surface area contributed by atoms with Gasteiger partial charge in [-0.1, -0.05) is 53.9 Å². The molecule has 0 radical (unpaired) electrons. The average molecular weight is 475 g/mol. The minimum Gasteiger partial charge on any atom is -0.462 e. The van der Waals surface area contributed by atoms with E-state index in [4.69, 9.17) is 4.74 Å². The van der Waals surface area contributed by atoms with Gasteiger partial charge in [-0.25, -0.2) is 0 Å². The Balaban J connectivity index is 1.62. The van der Waals surface area contributed by atoms with Crippen molar-refractivity contribution in [2.75, 3.05) is 0 Å². The fraction of sp³-hybridized carbons (Fsp3) is 0.862. The summed E-state index contributed by atoms with van der Waals surface area (Å²) < 4.78 is 5.41. The number of carbonyl (C=O) groups excluding carboxylic acids is 2. The molecule has 0 spiro atoms. The molecule has 0 aromatic carbocycles. The van der Waals surface area contributed by atoms with E-state index in [9.17, 15) is 19.8 Å². The van der Waals surface area contributed by atoms with Crippen LogP contribution < -0.4 is 0 Å². The van der Waals surface area contributed by atoms with Crippen LogP contribution in [-0.2, 0) is 14.3 Å². The van der Waals surface area contributed by atoms with Gasteiger partial charge in [-0.2, -0.15) is 0 Å². The first kappa shape index (κ1) is 25.9. The summed E-state index contributed by atoms with van der Waals surface area (Å²) in [6.45, 7) is 12.6. The highest BCUT2D eigenvalue weighted by Gasteiger charge is 2.69. The number of hydrogen-bond acceptors (Lipinski definition) is 5. The summed E-state index contributed by atoms with van der Waals surface area (Å²) >= 11 is 0. The zero-order valence-corrected chi connectivity index (χ0v) is 22.2. The molecule has 8 atom stereocenters. The van der Waals surface area contributed by atoms with Crippen molar-refractivity contribution in [3.05, 3.63) is 11.6 Å². The van der Waals surface area contributed by atoms with Gasteiger partial charge in [0.1, 0.15) is 11.7 Å². The van der Waals surface area contributed by atoms with Crippen molar-refractivity contribution in [2.45, 2.75) is 123 Å². The Kier molecular flexibility index (Phi) is 6.64. The smallest absolute Gasteiger partial charge is 0.302 e. The molecule has 3 fully saturated rings. The number of rotatable bonds is 6. The Bertz CT molecular complexity index is 863. The largest absolute Gasteiger partial charge is 0.462 e. The second kappa shape index (κ2) is 8.73. The Morgan fingerprint density at radius 2 is 1.71 bits per heavy atom. The van der Waals surface area contributed by atoms with Gasteiger partial charge in [0, 0.05) is 24.2 Å². The molecular weight excluding hydrogens is 428 g/mol. The van der Waals surface area contributed by atoms with Crippen LogP contribution in [0.15, 0.2) is 11.6 Å². The van der Waals surface area contributed by atoms with E-state index < -0.39 is 22.7 Å². The SMILES string of the molecule is CC(=O)O[C@@H]1CC[C@]2(C)[C@H]3CC[C@]4(C)[C@@H]([C@H](C)CCCC(C)C)CC[C@@]4(O)C3=CC(=O)[C@]2(O)C1. The molecule has 5 nitrogen and oxygen atoms in total. The zero-order chi connectivity index (χ0) is 25.1. The molecule has 2 N–H and O–H groups in total. The van der Waals surface area contributed by atoms with E-state index in [0.29, 0.717) is 37.0 Å². The molecule has 0 bridgehead atoms. The van der Waals surface area contributed by atoms with Crippen molar-refractivity contribution in [1.29, 1.82) is 0 Å². The lowest BCUT2D eigenvalue weighted by Crippen LogP contribution is -2.66. The Morgan fingerprint density at radius 3 is 2.35 bits per heavy atom. The average Bonchev–Trinajstić information content (AvgIpc) is 3.01. The summed E-state index contributed by atoms with van der Waals surface area (Å²) in [7, 11) is 0. The van der Waals surface area contributed by atoms with Crippen molar-refractivity contribution < 1.29 is 24.5 Å². The van der Waals surface area contributed by atoms with Crippen LogP contribution in [0.3, 0.4) is 0 Å². The first-order valence-corrected chi connectivity index (χ1v) is 13.7. The van der Waals surface area contributed by atoms with E-state index in [1.54, 1.807) is 6.08 Å². The summed E-state index contributed by atoms with van der Waals surface area (Å²) in [4.78, 5) is 25.0. The molecule has 192 valence electrons. The minimum atomic E-state index is -1.55. The Morgan fingerprint density at radius 1 is 1.03 bits per heavy atom. The maximum absolute atomic E-state index is 13.5. The van der Waals surface area contributed by atoms with Crippen molar-refractivity contribution in [2.24, 2.45) is 34.5 Å². The maximum Gasteiger partial charge on any atom is 0.302 e. The van der Waals surface area contributed by atoms with Crippen molar-refractivity contribution in [1.82, 2.24) is 0 Å². The van der Waals surface area contributed by atoms with Gasteiger partial charge in [0.15, 0.2) is 5.78 Å².